The van der Waals surface area contributed by atoms with Crippen molar-refractivity contribution in [3.05, 3.63) is 94.6 Å². The van der Waals surface area contributed by atoms with Crippen LogP contribution in [-0.4, -0.2) is 34.6 Å². The van der Waals surface area contributed by atoms with E-state index in [1.165, 1.54) is 0 Å². The zero-order chi connectivity index (χ0) is 26.2. The molecule has 9 heteroatoms. The molecule has 1 N–H and O–H groups in total. The summed E-state index contributed by atoms with van der Waals surface area (Å²) < 4.78 is 13.1. The highest BCUT2D eigenvalue weighted by molar-refractivity contribution is 6.35. The van der Waals surface area contributed by atoms with Gasteiger partial charge in [-0.2, -0.15) is 10.2 Å². The summed E-state index contributed by atoms with van der Waals surface area (Å²) in [6.45, 7) is 4.33. The largest absolute Gasteiger partial charge is 0.494 e. The number of hydrazone groups is 1. The molecule has 0 spiro atoms. The SMILES string of the molecule is CCCOc1ccc(-c2nn(-c3ccccc3)cc2/C=N\NC(=O)[C@@H](C)Oc2ccc(Cl)cc2Cl)cc1. The Morgan fingerprint density at radius 2 is 1.86 bits per heavy atom. The number of nitrogens with one attached hydrogen (secondary N) is 1. The quantitative estimate of drug-likeness (QED) is 0.184. The first-order chi connectivity index (χ1) is 17.9. The average Bonchev–Trinajstić information content (AvgIpc) is 3.34. The Labute approximate surface area is 225 Å². The van der Waals surface area contributed by atoms with Crippen molar-refractivity contribution in [2.45, 2.75) is 26.4 Å². The van der Waals surface area contributed by atoms with Gasteiger partial charge in [0.1, 0.15) is 17.2 Å². The molecule has 4 aromatic rings. The Balaban J connectivity index is 1.52. The topological polar surface area (TPSA) is 77.7 Å². The molecule has 3 aromatic carbocycles. The monoisotopic (exact) mass is 536 g/mol. The highest BCUT2D eigenvalue weighted by Crippen LogP contribution is 2.28. The lowest BCUT2D eigenvalue weighted by atomic mass is 10.1. The second-order valence-corrected chi connectivity index (χ2v) is 9.00. The number of aromatic nitrogens is 2. The van der Waals surface area contributed by atoms with Crippen molar-refractivity contribution >= 4 is 35.3 Å². The second kappa shape index (κ2) is 12.4. The van der Waals surface area contributed by atoms with E-state index in [0.29, 0.717) is 28.1 Å². The summed E-state index contributed by atoms with van der Waals surface area (Å²) in [5.41, 5.74) is 5.74. The summed E-state index contributed by atoms with van der Waals surface area (Å²) in [6, 6.07) is 22.3. The molecule has 0 saturated heterocycles. The van der Waals surface area contributed by atoms with Gasteiger partial charge >= 0.3 is 0 Å². The fourth-order valence-corrected chi connectivity index (χ4v) is 3.87. The molecule has 1 atom stereocenters. The predicted octanol–water partition coefficient (Wildman–Crippen LogP) is 6.55. The van der Waals surface area contributed by atoms with E-state index in [2.05, 4.69) is 17.5 Å². The minimum Gasteiger partial charge on any atom is -0.494 e. The molecular weight excluding hydrogens is 511 g/mol. The number of rotatable bonds is 10. The number of ether oxygens (including phenoxy) is 2. The molecule has 0 aliphatic heterocycles. The van der Waals surface area contributed by atoms with Crippen molar-refractivity contribution in [3.8, 4) is 28.4 Å². The Hall–Kier alpha value is -3.81. The van der Waals surface area contributed by atoms with Crippen molar-refractivity contribution in [1.29, 1.82) is 0 Å². The van der Waals surface area contributed by atoms with Gasteiger partial charge in [-0.1, -0.05) is 48.3 Å². The van der Waals surface area contributed by atoms with E-state index >= 15 is 0 Å². The lowest BCUT2D eigenvalue weighted by molar-refractivity contribution is -0.127. The first-order valence-corrected chi connectivity index (χ1v) is 12.5. The molecule has 0 saturated carbocycles. The Kier molecular flexibility index (Phi) is 8.82. The van der Waals surface area contributed by atoms with Crippen LogP contribution in [0.1, 0.15) is 25.8 Å². The highest BCUT2D eigenvalue weighted by Gasteiger charge is 2.16. The minimum absolute atomic E-state index is 0.319. The van der Waals surface area contributed by atoms with Gasteiger partial charge in [0, 0.05) is 22.3 Å². The third-order valence-corrected chi connectivity index (χ3v) is 5.84. The summed E-state index contributed by atoms with van der Waals surface area (Å²) in [5.74, 6) is 0.720. The van der Waals surface area contributed by atoms with E-state index in [0.717, 1.165) is 29.0 Å². The van der Waals surface area contributed by atoms with E-state index in [1.807, 2.05) is 60.8 Å². The van der Waals surface area contributed by atoms with Crippen LogP contribution in [0.15, 0.2) is 84.1 Å². The Morgan fingerprint density at radius 1 is 1.11 bits per heavy atom. The molecule has 1 heterocycles. The van der Waals surface area contributed by atoms with E-state index in [1.54, 1.807) is 36.0 Å². The maximum absolute atomic E-state index is 12.6. The number of para-hydroxylation sites is 1. The van der Waals surface area contributed by atoms with Gasteiger partial charge in [0.2, 0.25) is 0 Å². The van der Waals surface area contributed by atoms with Crippen LogP contribution >= 0.6 is 23.2 Å². The van der Waals surface area contributed by atoms with Gasteiger partial charge in [-0.05, 0) is 67.9 Å². The van der Waals surface area contributed by atoms with Crippen molar-refractivity contribution < 1.29 is 14.3 Å². The molecule has 0 fully saturated rings. The van der Waals surface area contributed by atoms with Gasteiger partial charge in [-0.25, -0.2) is 10.1 Å². The molecule has 0 radical (unpaired) electrons. The molecular formula is C28H26Cl2N4O3. The van der Waals surface area contributed by atoms with Crippen molar-refractivity contribution in [2.24, 2.45) is 5.10 Å². The summed E-state index contributed by atoms with van der Waals surface area (Å²) in [7, 11) is 0. The van der Waals surface area contributed by atoms with Crippen LogP contribution in [0, 0.1) is 0 Å². The van der Waals surface area contributed by atoms with Gasteiger partial charge in [-0.3, -0.25) is 4.79 Å². The van der Waals surface area contributed by atoms with Crippen molar-refractivity contribution in [3.63, 3.8) is 0 Å². The Morgan fingerprint density at radius 3 is 2.57 bits per heavy atom. The number of hydrogen-bond acceptors (Lipinski definition) is 5. The maximum Gasteiger partial charge on any atom is 0.280 e. The summed E-state index contributed by atoms with van der Waals surface area (Å²) in [6.07, 6.45) is 3.52. The summed E-state index contributed by atoms with van der Waals surface area (Å²) in [5, 5.41) is 9.72. The van der Waals surface area contributed by atoms with E-state index in [-0.39, 0.29) is 0 Å². The van der Waals surface area contributed by atoms with Crippen molar-refractivity contribution in [2.75, 3.05) is 6.61 Å². The van der Waals surface area contributed by atoms with Crippen LogP contribution < -0.4 is 14.9 Å². The molecule has 0 unspecified atom stereocenters. The van der Waals surface area contributed by atoms with Gasteiger partial charge in [0.15, 0.2) is 6.10 Å². The third-order valence-electron chi connectivity index (χ3n) is 5.31. The molecule has 4 rings (SSSR count). The summed E-state index contributed by atoms with van der Waals surface area (Å²) >= 11 is 12.1. The predicted molar refractivity (Wildman–Crippen MR) is 147 cm³/mol. The normalized spacial score (nSPS) is 11.9. The van der Waals surface area contributed by atoms with E-state index < -0.39 is 12.0 Å². The number of amides is 1. The van der Waals surface area contributed by atoms with Crippen LogP contribution in [0.3, 0.4) is 0 Å². The third kappa shape index (κ3) is 6.90. The summed E-state index contributed by atoms with van der Waals surface area (Å²) in [4.78, 5) is 12.6. The molecule has 7 nitrogen and oxygen atoms in total. The molecule has 1 aromatic heterocycles. The minimum atomic E-state index is -0.835. The number of benzene rings is 3. The number of carbonyl (C=O) groups is 1. The first-order valence-electron chi connectivity index (χ1n) is 11.8. The lowest BCUT2D eigenvalue weighted by Gasteiger charge is -2.14. The zero-order valence-corrected chi connectivity index (χ0v) is 21.9. The molecule has 0 bridgehead atoms. The van der Waals surface area contributed by atoms with Gasteiger partial charge < -0.3 is 9.47 Å². The molecule has 190 valence electrons. The van der Waals surface area contributed by atoms with Gasteiger partial charge in [-0.15, -0.1) is 0 Å². The van der Waals surface area contributed by atoms with E-state index in [9.17, 15) is 4.79 Å². The number of carbonyl (C=O) groups excluding carboxylic acids is 1. The molecule has 0 aliphatic carbocycles. The zero-order valence-electron chi connectivity index (χ0n) is 20.4. The number of hydrogen-bond donors (Lipinski definition) is 1. The first kappa shape index (κ1) is 26.3. The fraction of sp³-hybridized carbons (Fsp3) is 0.179. The number of nitrogens with zero attached hydrogens (tertiary/aromatic N) is 3. The molecule has 0 aliphatic rings. The fourth-order valence-electron chi connectivity index (χ4n) is 3.42. The lowest BCUT2D eigenvalue weighted by Crippen LogP contribution is -2.33. The van der Waals surface area contributed by atoms with Gasteiger partial charge in [0.05, 0.1) is 23.5 Å². The van der Waals surface area contributed by atoms with Crippen LogP contribution in [-0.2, 0) is 4.79 Å². The standard InChI is InChI=1S/C28H26Cl2N4O3/c1-3-15-36-24-12-9-20(10-13-24)27-21(18-34(33-27)23-7-5-4-6-8-23)17-31-32-28(35)19(2)37-26-14-11-22(29)16-25(26)30/h4-14,16-19H,3,15H2,1-2H3,(H,32,35)/b31-17-/t19-/m1/s1. The van der Waals surface area contributed by atoms with Crippen molar-refractivity contribution in [1.82, 2.24) is 15.2 Å². The maximum atomic E-state index is 12.6. The second-order valence-electron chi connectivity index (χ2n) is 8.16. The van der Waals surface area contributed by atoms with Crippen LogP contribution in [0.5, 0.6) is 11.5 Å². The van der Waals surface area contributed by atoms with Crippen LogP contribution in [0.2, 0.25) is 10.0 Å². The van der Waals surface area contributed by atoms with Crippen LogP contribution in [0.25, 0.3) is 16.9 Å². The average molecular weight is 537 g/mol. The van der Waals surface area contributed by atoms with Crippen LogP contribution in [0.4, 0.5) is 0 Å². The molecule has 37 heavy (non-hydrogen) atoms. The Bertz CT molecular complexity index is 1370. The van der Waals surface area contributed by atoms with Gasteiger partial charge in [0.25, 0.3) is 5.91 Å². The van der Waals surface area contributed by atoms with E-state index in [4.69, 9.17) is 37.8 Å². The number of halogens is 2. The highest BCUT2D eigenvalue weighted by atomic mass is 35.5. The smallest absolute Gasteiger partial charge is 0.280 e. The molecule has 1 amide bonds.